The minimum Gasteiger partial charge on any atom is -0.322 e. The molecule has 2 fully saturated rings. The van der Waals surface area contributed by atoms with Crippen molar-refractivity contribution < 1.29 is 4.79 Å². The van der Waals surface area contributed by atoms with Crippen LogP contribution in [-0.2, 0) is 0 Å². The van der Waals surface area contributed by atoms with E-state index in [9.17, 15) is 4.79 Å². The predicted octanol–water partition coefficient (Wildman–Crippen LogP) is 1.68. The maximum absolute atomic E-state index is 11.9. The Morgan fingerprint density at radius 1 is 1.31 bits per heavy atom. The third-order valence-corrected chi connectivity index (χ3v) is 2.90. The van der Waals surface area contributed by atoms with E-state index in [2.05, 4.69) is 18.7 Å². The molecule has 0 aromatic heterocycles. The van der Waals surface area contributed by atoms with Gasteiger partial charge < -0.3 is 9.80 Å². The summed E-state index contributed by atoms with van der Waals surface area (Å²) < 4.78 is 0. The highest BCUT2D eigenvalue weighted by Gasteiger charge is 2.37. The van der Waals surface area contributed by atoms with Crippen LogP contribution in [0.2, 0.25) is 0 Å². The number of amides is 2. The monoisotopic (exact) mass is 182 g/mol. The Labute approximate surface area is 79.7 Å². The summed E-state index contributed by atoms with van der Waals surface area (Å²) in [5.74, 6) is 0. The Hall–Kier alpha value is -0.730. The van der Waals surface area contributed by atoms with Crippen molar-refractivity contribution in [2.24, 2.45) is 0 Å². The minimum atomic E-state index is 0.267. The van der Waals surface area contributed by atoms with Gasteiger partial charge in [0.2, 0.25) is 0 Å². The molecule has 0 N–H and O–H groups in total. The van der Waals surface area contributed by atoms with E-state index >= 15 is 0 Å². The first kappa shape index (κ1) is 8.85. The molecule has 2 rings (SSSR count). The summed E-state index contributed by atoms with van der Waals surface area (Å²) in [6, 6.07) is 1.20. The van der Waals surface area contributed by atoms with Gasteiger partial charge in [0.25, 0.3) is 0 Å². The van der Waals surface area contributed by atoms with Crippen LogP contribution in [0.15, 0.2) is 0 Å². The molecule has 1 saturated carbocycles. The second kappa shape index (κ2) is 3.20. The predicted molar refractivity (Wildman–Crippen MR) is 51.6 cm³/mol. The third kappa shape index (κ3) is 1.64. The molecule has 3 heteroatoms. The van der Waals surface area contributed by atoms with Gasteiger partial charge in [0.15, 0.2) is 0 Å². The number of carbonyl (C=O) groups excluding carboxylic acids is 1. The normalized spacial score (nSPS) is 24.4. The molecule has 74 valence electrons. The van der Waals surface area contributed by atoms with Crippen molar-refractivity contribution in [1.82, 2.24) is 9.80 Å². The summed E-state index contributed by atoms with van der Waals surface area (Å²) in [4.78, 5) is 15.9. The lowest BCUT2D eigenvalue weighted by Crippen LogP contribution is -2.52. The molecule has 0 unspecified atom stereocenters. The zero-order chi connectivity index (χ0) is 9.42. The molecule has 13 heavy (non-hydrogen) atoms. The summed E-state index contributed by atoms with van der Waals surface area (Å²) in [5, 5.41) is 0. The fourth-order valence-corrected chi connectivity index (χ4v) is 1.97. The topological polar surface area (TPSA) is 23.6 Å². The van der Waals surface area contributed by atoms with Gasteiger partial charge in [-0.2, -0.15) is 0 Å². The van der Waals surface area contributed by atoms with E-state index in [1.54, 1.807) is 0 Å². The second-order valence-corrected chi connectivity index (χ2v) is 4.35. The fourth-order valence-electron chi connectivity index (χ4n) is 1.97. The van der Waals surface area contributed by atoms with Crippen molar-refractivity contribution in [2.75, 3.05) is 13.1 Å². The molecule has 1 aliphatic carbocycles. The van der Waals surface area contributed by atoms with E-state index in [1.807, 2.05) is 4.90 Å². The molecular formula is C10H18N2O. The van der Waals surface area contributed by atoms with Gasteiger partial charge in [0, 0.05) is 25.2 Å². The first-order chi connectivity index (χ1) is 6.20. The highest BCUT2D eigenvalue weighted by atomic mass is 16.2. The second-order valence-electron chi connectivity index (χ2n) is 4.35. The fraction of sp³-hybridized carbons (Fsp3) is 0.900. The molecule has 0 atom stereocenters. The molecule has 0 radical (unpaired) electrons. The van der Waals surface area contributed by atoms with Crippen LogP contribution in [0.3, 0.4) is 0 Å². The quantitative estimate of drug-likeness (QED) is 0.637. The smallest absolute Gasteiger partial charge is 0.320 e. The lowest BCUT2D eigenvalue weighted by molar-refractivity contribution is 0.112. The average molecular weight is 182 g/mol. The molecule has 1 heterocycles. The molecule has 0 aromatic rings. The standard InChI is InChI=1S/C10H18N2O/c1-8(2)11-6-3-7-12(10(11)13)9-4-5-9/h8-9H,3-7H2,1-2H3. The Morgan fingerprint density at radius 3 is 2.54 bits per heavy atom. The number of rotatable bonds is 2. The van der Waals surface area contributed by atoms with E-state index in [0.717, 1.165) is 19.5 Å². The zero-order valence-electron chi connectivity index (χ0n) is 8.49. The third-order valence-electron chi connectivity index (χ3n) is 2.90. The number of carbonyl (C=O) groups is 1. The van der Waals surface area contributed by atoms with Crippen molar-refractivity contribution in [3.63, 3.8) is 0 Å². The van der Waals surface area contributed by atoms with Crippen LogP contribution >= 0.6 is 0 Å². The number of urea groups is 1. The van der Waals surface area contributed by atoms with Crippen LogP contribution in [0.5, 0.6) is 0 Å². The van der Waals surface area contributed by atoms with Gasteiger partial charge in [-0.15, -0.1) is 0 Å². The molecule has 0 spiro atoms. The van der Waals surface area contributed by atoms with Gasteiger partial charge in [0.05, 0.1) is 0 Å². The maximum atomic E-state index is 11.9. The Bertz CT molecular complexity index is 199. The number of nitrogens with zero attached hydrogens (tertiary/aromatic N) is 2. The van der Waals surface area contributed by atoms with E-state index in [-0.39, 0.29) is 6.03 Å². The SMILES string of the molecule is CC(C)N1CCCN(C2CC2)C1=O. The molecule has 1 saturated heterocycles. The van der Waals surface area contributed by atoms with Crippen LogP contribution in [-0.4, -0.2) is 41.0 Å². The highest BCUT2D eigenvalue weighted by Crippen LogP contribution is 2.29. The first-order valence-corrected chi connectivity index (χ1v) is 5.27. The molecular weight excluding hydrogens is 164 g/mol. The van der Waals surface area contributed by atoms with Crippen LogP contribution < -0.4 is 0 Å². The van der Waals surface area contributed by atoms with Gasteiger partial charge in [-0.05, 0) is 33.1 Å². The van der Waals surface area contributed by atoms with Gasteiger partial charge >= 0.3 is 6.03 Å². The Morgan fingerprint density at radius 2 is 2.00 bits per heavy atom. The molecule has 0 bridgehead atoms. The van der Waals surface area contributed by atoms with E-state index in [1.165, 1.54) is 12.8 Å². The largest absolute Gasteiger partial charge is 0.322 e. The van der Waals surface area contributed by atoms with Crippen molar-refractivity contribution in [3.8, 4) is 0 Å². The Kier molecular flexibility index (Phi) is 2.18. The van der Waals surface area contributed by atoms with E-state index in [4.69, 9.17) is 0 Å². The van der Waals surface area contributed by atoms with Crippen molar-refractivity contribution in [1.29, 1.82) is 0 Å². The summed E-state index contributed by atoms with van der Waals surface area (Å²) in [7, 11) is 0. The molecule has 2 amide bonds. The minimum absolute atomic E-state index is 0.267. The zero-order valence-corrected chi connectivity index (χ0v) is 8.49. The number of hydrogen-bond acceptors (Lipinski definition) is 1. The molecule has 0 aromatic carbocycles. The van der Waals surface area contributed by atoms with Gasteiger partial charge in [-0.25, -0.2) is 4.79 Å². The summed E-state index contributed by atoms with van der Waals surface area (Å²) in [6.07, 6.45) is 3.58. The molecule has 2 aliphatic rings. The lowest BCUT2D eigenvalue weighted by Gasteiger charge is -2.38. The average Bonchev–Trinajstić information content (AvgIpc) is 2.87. The van der Waals surface area contributed by atoms with Crippen molar-refractivity contribution in [2.45, 2.75) is 45.2 Å². The summed E-state index contributed by atoms with van der Waals surface area (Å²) in [6.45, 7) is 6.11. The van der Waals surface area contributed by atoms with Crippen LogP contribution in [0.4, 0.5) is 4.79 Å². The Balaban J connectivity index is 2.02. The van der Waals surface area contributed by atoms with Crippen LogP contribution in [0.25, 0.3) is 0 Å². The summed E-state index contributed by atoms with van der Waals surface area (Å²) in [5.41, 5.74) is 0. The summed E-state index contributed by atoms with van der Waals surface area (Å²) >= 11 is 0. The molecule has 1 aliphatic heterocycles. The van der Waals surface area contributed by atoms with Crippen LogP contribution in [0.1, 0.15) is 33.1 Å². The van der Waals surface area contributed by atoms with Gasteiger partial charge in [0.1, 0.15) is 0 Å². The molecule has 3 nitrogen and oxygen atoms in total. The van der Waals surface area contributed by atoms with Crippen molar-refractivity contribution in [3.05, 3.63) is 0 Å². The maximum Gasteiger partial charge on any atom is 0.320 e. The van der Waals surface area contributed by atoms with Gasteiger partial charge in [-0.3, -0.25) is 0 Å². The van der Waals surface area contributed by atoms with E-state index in [0.29, 0.717) is 12.1 Å². The first-order valence-electron chi connectivity index (χ1n) is 5.27. The highest BCUT2D eigenvalue weighted by molar-refractivity contribution is 5.76. The van der Waals surface area contributed by atoms with Gasteiger partial charge in [-0.1, -0.05) is 0 Å². The van der Waals surface area contributed by atoms with Crippen LogP contribution in [0, 0.1) is 0 Å². The lowest BCUT2D eigenvalue weighted by atomic mass is 10.2. The number of hydrogen-bond donors (Lipinski definition) is 0. The van der Waals surface area contributed by atoms with E-state index < -0.39 is 0 Å². The van der Waals surface area contributed by atoms with Crippen molar-refractivity contribution >= 4 is 6.03 Å².